The van der Waals surface area contributed by atoms with Gasteiger partial charge in [0.15, 0.2) is 11.6 Å². The molecule has 2 heterocycles. The van der Waals surface area contributed by atoms with E-state index in [-0.39, 0.29) is 5.75 Å². The molecule has 1 N–H and O–H groups in total. The molecule has 0 fully saturated rings. The second kappa shape index (κ2) is 6.92. The highest BCUT2D eigenvalue weighted by atomic mass is 32.1. The molecule has 0 atom stereocenters. The van der Waals surface area contributed by atoms with Crippen molar-refractivity contribution in [3.63, 3.8) is 0 Å². The Bertz CT molecular complexity index is 866. The molecule has 0 amide bonds. The van der Waals surface area contributed by atoms with Crippen LogP contribution in [0.25, 0.3) is 10.6 Å². The van der Waals surface area contributed by atoms with Crippen LogP contribution in [0.4, 0.5) is 16.0 Å². The Kier molecular flexibility index (Phi) is 4.71. The molecule has 0 aliphatic rings. The van der Waals surface area contributed by atoms with Crippen LogP contribution in [0, 0.1) is 12.7 Å². The van der Waals surface area contributed by atoms with Crippen LogP contribution >= 0.6 is 11.3 Å². The van der Waals surface area contributed by atoms with Gasteiger partial charge in [0.2, 0.25) is 5.95 Å². The Morgan fingerprint density at radius 3 is 2.79 bits per heavy atom. The molecule has 0 aliphatic heterocycles. The molecule has 0 spiro atoms. The van der Waals surface area contributed by atoms with Gasteiger partial charge in [-0.2, -0.15) is 0 Å². The average Bonchev–Trinajstić information content (AvgIpc) is 2.98. The summed E-state index contributed by atoms with van der Waals surface area (Å²) in [6, 6.07) is 6.38. The third-order valence-corrected chi connectivity index (χ3v) is 4.76. The number of nitrogens with zero attached hydrogens (tertiary/aromatic N) is 3. The minimum Gasteiger partial charge on any atom is -0.494 e. The van der Waals surface area contributed by atoms with Crippen LogP contribution in [0.15, 0.2) is 30.5 Å². The second-order valence-electron chi connectivity index (χ2n) is 5.12. The van der Waals surface area contributed by atoms with Crippen molar-refractivity contribution < 1.29 is 9.13 Å². The third-order valence-electron chi connectivity index (χ3n) is 3.44. The third kappa shape index (κ3) is 3.35. The summed E-state index contributed by atoms with van der Waals surface area (Å²) in [6.07, 6.45) is 2.59. The van der Waals surface area contributed by atoms with Crippen molar-refractivity contribution in [3.05, 3.63) is 47.0 Å². The van der Waals surface area contributed by atoms with Crippen molar-refractivity contribution in [1.29, 1.82) is 0 Å². The van der Waals surface area contributed by atoms with E-state index in [0.29, 0.717) is 11.6 Å². The van der Waals surface area contributed by atoms with Gasteiger partial charge in [0, 0.05) is 18.0 Å². The Morgan fingerprint density at radius 1 is 1.25 bits per heavy atom. The maximum absolute atomic E-state index is 13.5. The van der Waals surface area contributed by atoms with Gasteiger partial charge in [-0.15, -0.1) is 11.3 Å². The smallest absolute Gasteiger partial charge is 0.227 e. The van der Waals surface area contributed by atoms with E-state index in [1.54, 1.807) is 29.7 Å². The summed E-state index contributed by atoms with van der Waals surface area (Å²) in [5, 5.41) is 4.15. The molecule has 2 aromatic heterocycles. The second-order valence-corrected chi connectivity index (χ2v) is 6.20. The fraction of sp³-hybridized carbons (Fsp3) is 0.235. The SMILES string of the molecule is CCc1nc(C)c(-c2ccnc(Nc3ccc(F)c(OC)c3)n2)s1. The molecule has 3 rings (SSSR count). The summed E-state index contributed by atoms with van der Waals surface area (Å²) >= 11 is 1.64. The lowest BCUT2D eigenvalue weighted by molar-refractivity contribution is 0.387. The summed E-state index contributed by atoms with van der Waals surface area (Å²) in [7, 11) is 1.43. The van der Waals surface area contributed by atoms with E-state index in [1.165, 1.54) is 13.2 Å². The van der Waals surface area contributed by atoms with Crippen molar-refractivity contribution in [2.24, 2.45) is 0 Å². The van der Waals surface area contributed by atoms with Crippen molar-refractivity contribution in [1.82, 2.24) is 15.0 Å². The predicted octanol–water partition coefficient (Wildman–Crippen LogP) is 4.36. The number of ether oxygens (including phenoxy) is 1. The Morgan fingerprint density at radius 2 is 2.08 bits per heavy atom. The summed E-state index contributed by atoms with van der Waals surface area (Å²) in [4.78, 5) is 14.3. The fourth-order valence-corrected chi connectivity index (χ4v) is 3.23. The van der Waals surface area contributed by atoms with Crippen LogP contribution in [-0.4, -0.2) is 22.1 Å². The first-order valence-electron chi connectivity index (χ1n) is 7.51. The molecule has 24 heavy (non-hydrogen) atoms. The number of benzene rings is 1. The van der Waals surface area contributed by atoms with Gasteiger partial charge in [0.05, 0.1) is 28.4 Å². The van der Waals surface area contributed by atoms with Gasteiger partial charge < -0.3 is 10.1 Å². The van der Waals surface area contributed by atoms with Gasteiger partial charge in [-0.3, -0.25) is 0 Å². The number of hydrogen-bond acceptors (Lipinski definition) is 6. The van der Waals surface area contributed by atoms with Gasteiger partial charge in [0.1, 0.15) is 0 Å². The minimum absolute atomic E-state index is 0.169. The Labute approximate surface area is 143 Å². The van der Waals surface area contributed by atoms with Crippen molar-refractivity contribution >= 4 is 23.0 Å². The lowest BCUT2D eigenvalue weighted by Crippen LogP contribution is -1.99. The first-order valence-corrected chi connectivity index (χ1v) is 8.32. The maximum atomic E-state index is 13.5. The number of nitrogens with one attached hydrogen (secondary N) is 1. The van der Waals surface area contributed by atoms with Gasteiger partial charge >= 0.3 is 0 Å². The van der Waals surface area contributed by atoms with Crippen LogP contribution in [-0.2, 0) is 6.42 Å². The molecular formula is C17H17FN4OS. The van der Waals surface area contributed by atoms with Crippen molar-refractivity contribution in [3.8, 4) is 16.3 Å². The van der Waals surface area contributed by atoms with E-state index < -0.39 is 5.82 Å². The number of aryl methyl sites for hydroxylation is 2. The maximum Gasteiger partial charge on any atom is 0.227 e. The van der Waals surface area contributed by atoms with E-state index in [4.69, 9.17) is 4.74 Å². The number of rotatable bonds is 5. The quantitative estimate of drug-likeness (QED) is 0.745. The zero-order chi connectivity index (χ0) is 17.1. The molecule has 3 aromatic rings. The fourth-order valence-electron chi connectivity index (χ4n) is 2.25. The Hall–Kier alpha value is -2.54. The van der Waals surface area contributed by atoms with E-state index in [0.717, 1.165) is 27.7 Å². The molecule has 0 bridgehead atoms. The molecule has 124 valence electrons. The normalized spacial score (nSPS) is 10.7. The lowest BCUT2D eigenvalue weighted by Gasteiger charge is -2.08. The zero-order valence-corrected chi connectivity index (χ0v) is 14.4. The molecule has 0 unspecified atom stereocenters. The van der Waals surface area contributed by atoms with Gasteiger partial charge in [-0.05, 0) is 31.5 Å². The summed E-state index contributed by atoms with van der Waals surface area (Å²) in [5.41, 5.74) is 2.43. The van der Waals surface area contributed by atoms with Gasteiger partial charge in [0.25, 0.3) is 0 Å². The van der Waals surface area contributed by atoms with Crippen LogP contribution in [0.5, 0.6) is 5.75 Å². The Balaban J connectivity index is 1.89. The number of aromatic nitrogens is 3. The summed E-state index contributed by atoms with van der Waals surface area (Å²) in [6.45, 7) is 4.06. The van der Waals surface area contributed by atoms with Crippen molar-refractivity contribution in [2.75, 3.05) is 12.4 Å². The van der Waals surface area contributed by atoms with Crippen molar-refractivity contribution in [2.45, 2.75) is 20.3 Å². The summed E-state index contributed by atoms with van der Waals surface area (Å²) in [5.74, 6) is 0.194. The molecule has 0 radical (unpaired) electrons. The topological polar surface area (TPSA) is 59.9 Å². The van der Waals surface area contributed by atoms with Gasteiger partial charge in [-0.1, -0.05) is 6.92 Å². The molecule has 5 nitrogen and oxygen atoms in total. The average molecular weight is 344 g/mol. The number of methoxy groups -OCH3 is 1. The molecule has 0 saturated carbocycles. The highest BCUT2D eigenvalue weighted by Crippen LogP contribution is 2.30. The van der Waals surface area contributed by atoms with E-state index in [2.05, 4.69) is 27.2 Å². The first kappa shape index (κ1) is 16.3. The molecule has 0 aliphatic carbocycles. The highest BCUT2D eigenvalue weighted by molar-refractivity contribution is 7.15. The molecule has 1 aromatic carbocycles. The first-order chi connectivity index (χ1) is 11.6. The zero-order valence-electron chi connectivity index (χ0n) is 13.6. The van der Waals surface area contributed by atoms with E-state index in [1.807, 2.05) is 13.0 Å². The largest absolute Gasteiger partial charge is 0.494 e. The number of hydrogen-bond donors (Lipinski definition) is 1. The predicted molar refractivity (Wildman–Crippen MR) is 93.5 cm³/mol. The lowest BCUT2D eigenvalue weighted by atomic mass is 10.3. The number of thiazole rings is 1. The highest BCUT2D eigenvalue weighted by Gasteiger charge is 2.11. The van der Waals surface area contributed by atoms with E-state index >= 15 is 0 Å². The molecule has 0 saturated heterocycles. The number of anilines is 2. The molecule has 7 heteroatoms. The summed E-state index contributed by atoms with van der Waals surface area (Å²) < 4.78 is 18.5. The standard InChI is InChI=1S/C17H17FN4OS/c1-4-15-20-10(2)16(24-15)13-7-8-19-17(22-13)21-11-5-6-12(18)14(9-11)23-3/h5-9H,4H2,1-3H3,(H,19,21,22). The van der Waals surface area contributed by atoms with Gasteiger partial charge in [-0.25, -0.2) is 19.3 Å². The van der Waals surface area contributed by atoms with E-state index in [9.17, 15) is 4.39 Å². The van der Waals surface area contributed by atoms with Crippen LogP contribution in [0.2, 0.25) is 0 Å². The molecular weight excluding hydrogens is 327 g/mol. The monoisotopic (exact) mass is 344 g/mol. The van der Waals surface area contributed by atoms with Crippen LogP contribution < -0.4 is 10.1 Å². The minimum atomic E-state index is -0.412. The van der Waals surface area contributed by atoms with Crippen LogP contribution in [0.1, 0.15) is 17.6 Å². The number of halogens is 1. The van der Waals surface area contributed by atoms with Crippen LogP contribution in [0.3, 0.4) is 0 Å².